The van der Waals surface area contributed by atoms with Crippen molar-refractivity contribution < 1.29 is 36.7 Å². The van der Waals surface area contributed by atoms with Gasteiger partial charge in [-0.2, -0.15) is 5.10 Å². The summed E-state index contributed by atoms with van der Waals surface area (Å²) in [5.41, 5.74) is 0.309. The van der Waals surface area contributed by atoms with E-state index in [1.165, 1.54) is 35.8 Å². The van der Waals surface area contributed by atoms with Crippen LogP contribution in [0.5, 0.6) is 5.75 Å². The van der Waals surface area contributed by atoms with Gasteiger partial charge in [0.05, 0.1) is 12.6 Å². The topological polar surface area (TPSA) is 138 Å². The Bertz CT molecular complexity index is 1370. The van der Waals surface area contributed by atoms with Crippen molar-refractivity contribution in [2.45, 2.75) is 76.5 Å². The largest absolute Gasteiger partial charge is 0.573 e. The predicted octanol–water partition coefficient (Wildman–Crippen LogP) is 3.91. The van der Waals surface area contributed by atoms with Gasteiger partial charge in [-0.15, -0.1) is 23.4 Å². The summed E-state index contributed by atoms with van der Waals surface area (Å²) in [6, 6.07) is 3.16. The fourth-order valence-electron chi connectivity index (χ4n) is 4.62. The second-order valence-corrected chi connectivity index (χ2v) is 10.8. The van der Waals surface area contributed by atoms with Gasteiger partial charge in [0.15, 0.2) is 0 Å². The highest BCUT2D eigenvalue weighted by molar-refractivity contribution is 5.90. The molecule has 15 heteroatoms. The van der Waals surface area contributed by atoms with Crippen LogP contribution in [0.4, 0.5) is 18.0 Å². The molecule has 40 heavy (non-hydrogen) atoms. The summed E-state index contributed by atoms with van der Waals surface area (Å²) in [5, 5.41) is 14.6. The van der Waals surface area contributed by atoms with Crippen LogP contribution in [0.2, 0.25) is 0 Å². The molecule has 1 unspecified atom stereocenters. The molecule has 0 radical (unpaired) electrons. The third-order valence-corrected chi connectivity index (χ3v) is 6.37. The van der Waals surface area contributed by atoms with Gasteiger partial charge < -0.3 is 24.1 Å². The lowest BCUT2D eigenvalue weighted by molar-refractivity contribution is -0.274. The van der Waals surface area contributed by atoms with Crippen LogP contribution in [0.1, 0.15) is 62.2 Å². The van der Waals surface area contributed by atoms with Gasteiger partial charge in [0, 0.05) is 18.2 Å². The highest BCUT2D eigenvalue weighted by Crippen LogP contribution is 2.45. The molecular weight excluding hydrogens is 535 g/mol. The van der Waals surface area contributed by atoms with Crippen molar-refractivity contribution in [3.8, 4) is 17.2 Å². The molecule has 2 amide bonds. The van der Waals surface area contributed by atoms with Crippen molar-refractivity contribution in [2.75, 3.05) is 6.54 Å². The summed E-state index contributed by atoms with van der Waals surface area (Å²) in [4.78, 5) is 31.4. The molecule has 1 saturated carbocycles. The molecule has 1 saturated heterocycles. The van der Waals surface area contributed by atoms with Crippen LogP contribution in [-0.2, 0) is 11.3 Å². The van der Waals surface area contributed by atoms with Crippen molar-refractivity contribution in [1.29, 1.82) is 0 Å². The number of likely N-dealkylation sites (tertiary alicyclic amines) is 1. The monoisotopic (exact) mass is 563 g/mol. The van der Waals surface area contributed by atoms with Gasteiger partial charge in [0.25, 0.3) is 0 Å². The van der Waals surface area contributed by atoms with Gasteiger partial charge >= 0.3 is 24.3 Å². The van der Waals surface area contributed by atoms with E-state index in [0.29, 0.717) is 13.0 Å². The number of carbonyl (C=O) groups excluding carboxylic acids is 2. The van der Waals surface area contributed by atoms with Crippen molar-refractivity contribution in [1.82, 2.24) is 35.2 Å². The van der Waals surface area contributed by atoms with Crippen LogP contribution in [0.3, 0.4) is 0 Å². The summed E-state index contributed by atoms with van der Waals surface area (Å²) in [6.45, 7) is 5.80. The number of halogens is 3. The fourth-order valence-corrected chi connectivity index (χ4v) is 4.62. The first-order valence-electron chi connectivity index (χ1n) is 12.7. The summed E-state index contributed by atoms with van der Waals surface area (Å²) in [7, 11) is 0. The normalized spacial score (nSPS) is 19.5. The third-order valence-electron chi connectivity index (χ3n) is 6.37. The number of benzene rings is 1. The Morgan fingerprint density at radius 3 is 2.60 bits per heavy atom. The van der Waals surface area contributed by atoms with Crippen LogP contribution in [0, 0.1) is 0 Å². The van der Waals surface area contributed by atoms with E-state index < -0.39 is 35.8 Å². The number of rotatable bonds is 7. The molecule has 2 aromatic heterocycles. The number of nitrogens with one attached hydrogen (secondary N) is 1. The minimum atomic E-state index is -4.86. The number of hydrogen-bond acceptors (Lipinski definition) is 9. The van der Waals surface area contributed by atoms with E-state index in [9.17, 15) is 22.8 Å². The van der Waals surface area contributed by atoms with Crippen molar-refractivity contribution >= 4 is 12.0 Å². The number of amides is 2. The van der Waals surface area contributed by atoms with Crippen LogP contribution in [0.15, 0.2) is 35.3 Å². The van der Waals surface area contributed by atoms with Gasteiger partial charge in [-0.05, 0) is 63.6 Å². The number of aromatic nitrogens is 5. The summed E-state index contributed by atoms with van der Waals surface area (Å²) in [6.07, 6.45) is -0.322. The second kappa shape index (κ2) is 10.4. The first-order valence-corrected chi connectivity index (χ1v) is 12.7. The summed E-state index contributed by atoms with van der Waals surface area (Å²) >= 11 is 0. The molecule has 2 aliphatic rings. The molecule has 1 aliphatic heterocycles. The van der Waals surface area contributed by atoms with Gasteiger partial charge in [0.1, 0.15) is 24.0 Å². The average Bonchev–Trinajstić information content (AvgIpc) is 3.21. The van der Waals surface area contributed by atoms with E-state index in [4.69, 9.17) is 9.15 Å². The number of alkyl halides is 3. The van der Waals surface area contributed by atoms with Crippen molar-refractivity contribution in [3.63, 3.8) is 0 Å². The van der Waals surface area contributed by atoms with E-state index >= 15 is 0 Å². The molecular formula is C25H28F3N7O5. The van der Waals surface area contributed by atoms with E-state index in [2.05, 4.69) is 30.3 Å². The standard InChI is InChI=1S/C25H28F3N7O5/c1-24(2,3)40-23(37)35-10-15(8-16(35)11-34-13-29-12-30-34)31-20(36)22-33-32-21(38-22)19-9-17(39-25(26,27)28)6-7-18(19)14-4-5-14/h6-7,9,12-16H,4-5,8,10-11H2,1-3H3,(H,31,36)/t15?,16-/m1/s1. The van der Waals surface area contributed by atoms with Crippen molar-refractivity contribution in [2.24, 2.45) is 0 Å². The zero-order valence-electron chi connectivity index (χ0n) is 22.0. The molecule has 5 rings (SSSR count). The number of hydrogen-bond donors (Lipinski definition) is 1. The highest BCUT2D eigenvalue weighted by atomic mass is 19.4. The predicted molar refractivity (Wildman–Crippen MR) is 131 cm³/mol. The lowest BCUT2D eigenvalue weighted by Gasteiger charge is -2.28. The van der Waals surface area contributed by atoms with Gasteiger partial charge in [-0.3, -0.25) is 9.48 Å². The maximum absolute atomic E-state index is 13.0. The van der Waals surface area contributed by atoms with Crippen molar-refractivity contribution in [3.05, 3.63) is 42.3 Å². The van der Waals surface area contributed by atoms with Gasteiger partial charge in [-0.1, -0.05) is 6.07 Å². The molecule has 1 aromatic carbocycles. The number of carbonyl (C=O) groups is 2. The second-order valence-electron chi connectivity index (χ2n) is 10.8. The SMILES string of the molecule is CC(C)(C)OC(=O)N1CC(NC(=O)c2nnc(-c3cc(OC(F)(F)F)ccc3C3CC3)o2)C[C@@H]1Cn1cncn1. The first kappa shape index (κ1) is 27.4. The number of ether oxygens (including phenoxy) is 2. The Morgan fingerprint density at radius 2 is 1.95 bits per heavy atom. The molecule has 2 atom stereocenters. The van der Waals surface area contributed by atoms with Crippen LogP contribution >= 0.6 is 0 Å². The smallest absolute Gasteiger partial charge is 0.444 e. The zero-order valence-corrected chi connectivity index (χ0v) is 22.0. The number of nitrogens with zero attached hydrogens (tertiary/aromatic N) is 6. The molecule has 0 bridgehead atoms. The maximum atomic E-state index is 13.0. The fraction of sp³-hybridized carbons (Fsp3) is 0.520. The highest BCUT2D eigenvalue weighted by Gasteiger charge is 2.39. The van der Waals surface area contributed by atoms with Crippen LogP contribution in [0.25, 0.3) is 11.5 Å². The summed E-state index contributed by atoms with van der Waals surface area (Å²) < 4.78 is 55.1. The minimum absolute atomic E-state index is 0.0921. The quantitative estimate of drug-likeness (QED) is 0.453. The molecule has 214 valence electrons. The molecule has 3 aromatic rings. The Hall–Kier alpha value is -4.17. The average molecular weight is 564 g/mol. The lowest BCUT2D eigenvalue weighted by atomic mass is 10.0. The molecule has 1 N–H and O–H groups in total. The molecule has 1 aliphatic carbocycles. The molecule has 2 fully saturated rings. The Labute approximate surface area is 226 Å². The van der Waals surface area contributed by atoms with Gasteiger partial charge in [-0.25, -0.2) is 9.78 Å². The van der Waals surface area contributed by atoms with E-state index in [-0.39, 0.29) is 35.8 Å². The van der Waals surface area contributed by atoms with Crippen LogP contribution < -0.4 is 10.1 Å². The maximum Gasteiger partial charge on any atom is 0.573 e. The Balaban J connectivity index is 1.31. The van der Waals surface area contributed by atoms with E-state index in [1.54, 1.807) is 25.5 Å². The molecule has 12 nitrogen and oxygen atoms in total. The van der Waals surface area contributed by atoms with Gasteiger partial charge in [0.2, 0.25) is 5.89 Å². The minimum Gasteiger partial charge on any atom is -0.444 e. The van der Waals surface area contributed by atoms with E-state index in [0.717, 1.165) is 18.4 Å². The Morgan fingerprint density at radius 1 is 1.18 bits per heavy atom. The first-order chi connectivity index (χ1) is 18.8. The lowest BCUT2D eigenvalue weighted by Crippen LogP contribution is -2.43. The Kier molecular flexibility index (Phi) is 7.14. The van der Waals surface area contributed by atoms with Crippen LogP contribution in [-0.4, -0.2) is 72.5 Å². The summed E-state index contributed by atoms with van der Waals surface area (Å²) in [5.74, 6) is -1.40. The molecule has 3 heterocycles. The zero-order chi connectivity index (χ0) is 28.7. The third kappa shape index (κ3) is 6.69. The van der Waals surface area contributed by atoms with E-state index in [1.807, 2.05) is 0 Å². The molecule has 0 spiro atoms.